The first-order valence-electron chi connectivity index (χ1n) is 8.72. The summed E-state index contributed by atoms with van der Waals surface area (Å²) in [7, 11) is 0. The van der Waals surface area contributed by atoms with Crippen LogP contribution in [-0.2, 0) is 11.3 Å². The Morgan fingerprint density at radius 3 is 3.11 bits per heavy atom. The Labute approximate surface area is 159 Å². The van der Waals surface area contributed by atoms with Crippen molar-refractivity contribution in [2.24, 2.45) is 0 Å². The molecule has 3 aromatic rings. The van der Waals surface area contributed by atoms with E-state index in [1.54, 1.807) is 18.3 Å². The molecule has 138 valence electrons. The van der Waals surface area contributed by atoms with Gasteiger partial charge in [0.25, 0.3) is 5.91 Å². The maximum absolute atomic E-state index is 12.6. The van der Waals surface area contributed by atoms with Crippen LogP contribution < -0.4 is 4.74 Å². The maximum Gasteiger partial charge on any atom is 0.276 e. The van der Waals surface area contributed by atoms with E-state index in [9.17, 15) is 4.79 Å². The molecule has 2 aliphatic heterocycles. The number of rotatable bonds is 4. The molecule has 4 heterocycles. The predicted octanol–water partition coefficient (Wildman–Crippen LogP) is 3.07. The number of morpholine rings is 1. The molecule has 2 aliphatic rings. The first-order chi connectivity index (χ1) is 13.2. The molecule has 2 fully saturated rings. The van der Waals surface area contributed by atoms with Crippen molar-refractivity contribution in [2.75, 3.05) is 13.2 Å². The molecule has 2 aromatic heterocycles. The standard InChI is InChI=1S/C19H16ClN3O4/c20-14-3-4-16(18-13(14)2-1-5-21-18)26-10-17-22-15(9-27-17)19(24)23-7-12-6-11(23)8-25-12/h1-5,9,11-12H,6-8,10H2/t11-,12-/m0/s1. The number of pyridine rings is 1. The highest BCUT2D eigenvalue weighted by atomic mass is 35.5. The maximum atomic E-state index is 12.6. The minimum Gasteiger partial charge on any atom is -0.482 e. The van der Waals surface area contributed by atoms with Gasteiger partial charge in [0.05, 0.1) is 23.8 Å². The number of likely N-dealkylation sites (tertiary alicyclic amines) is 1. The smallest absolute Gasteiger partial charge is 0.276 e. The fraction of sp³-hybridized carbons (Fsp3) is 0.316. The summed E-state index contributed by atoms with van der Waals surface area (Å²) in [5.74, 6) is 0.785. The summed E-state index contributed by atoms with van der Waals surface area (Å²) < 4.78 is 16.8. The number of carbonyl (C=O) groups excluding carboxylic acids is 1. The van der Waals surface area contributed by atoms with Gasteiger partial charge in [0.15, 0.2) is 12.3 Å². The summed E-state index contributed by atoms with van der Waals surface area (Å²) in [4.78, 5) is 23.0. The highest BCUT2D eigenvalue weighted by Gasteiger charge is 2.42. The molecule has 1 aromatic carbocycles. The number of hydrogen-bond donors (Lipinski definition) is 0. The van der Waals surface area contributed by atoms with E-state index in [4.69, 9.17) is 25.5 Å². The van der Waals surface area contributed by atoms with Crippen molar-refractivity contribution < 1.29 is 18.7 Å². The highest BCUT2D eigenvalue weighted by molar-refractivity contribution is 6.35. The Kier molecular flexibility index (Phi) is 3.98. The predicted molar refractivity (Wildman–Crippen MR) is 96.8 cm³/mol. The third-order valence-corrected chi connectivity index (χ3v) is 5.29. The van der Waals surface area contributed by atoms with Gasteiger partial charge >= 0.3 is 0 Å². The van der Waals surface area contributed by atoms with E-state index >= 15 is 0 Å². The van der Waals surface area contributed by atoms with E-state index in [1.165, 1.54) is 6.26 Å². The van der Waals surface area contributed by atoms with Crippen molar-refractivity contribution >= 4 is 28.4 Å². The van der Waals surface area contributed by atoms with E-state index in [-0.39, 0.29) is 24.7 Å². The molecule has 27 heavy (non-hydrogen) atoms. The molecule has 1 amide bonds. The number of aromatic nitrogens is 2. The van der Waals surface area contributed by atoms with E-state index in [0.29, 0.717) is 41.0 Å². The van der Waals surface area contributed by atoms with E-state index < -0.39 is 0 Å². The van der Waals surface area contributed by atoms with Gasteiger partial charge < -0.3 is 18.8 Å². The van der Waals surface area contributed by atoms with Crippen molar-refractivity contribution in [1.82, 2.24) is 14.9 Å². The molecular weight excluding hydrogens is 370 g/mol. The molecule has 2 bridgehead atoms. The third kappa shape index (κ3) is 2.93. The van der Waals surface area contributed by atoms with Crippen molar-refractivity contribution in [2.45, 2.75) is 25.2 Å². The molecule has 0 radical (unpaired) electrons. The molecule has 0 aliphatic carbocycles. The number of amides is 1. The van der Waals surface area contributed by atoms with Crippen molar-refractivity contribution in [3.8, 4) is 5.75 Å². The Balaban J connectivity index is 1.30. The van der Waals surface area contributed by atoms with Crippen LogP contribution in [0.25, 0.3) is 10.9 Å². The van der Waals surface area contributed by atoms with Crippen molar-refractivity contribution in [3.63, 3.8) is 0 Å². The molecule has 2 saturated heterocycles. The number of ether oxygens (including phenoxy) is 2. The van der Waals surface area contributed by atoms with Gasteiger partial charge in [-0.25, -0.2) is 4.98 Å². The number of halogens is 1. The first-order valence-corrected chi connectivity index (χ1v) is 9.10. The first kappa shape index (κ1) is 16.5. The molecule has 0 N–H and O–H groups in total. The fourth-order valence-electron chi connectivity index (χ4n) is 3.64. The lowest BCUT2D eigenvalue weighted by Gasteiger charge is -2.25. The van der Waals surface area contributed by atoms with Crippen molar-refractivity contribution in [1.29, 1.82) is 0 Å². The van der Waals surface area contributed by atoms with Crippen molar-refractivity contribution in [3.05, 3.63) is 53.3 Å². The van der Waals surface area contributed by atoms with Gasteiger partial charge in [-0.15, -0.1) is 0 Å². The zero-order chi connectivity index (χ0) is 18.4. The molecule has 8 heteroatoms. The number of nitrogens with zero attached hydrogens (tertiary/aromatic N) is 3. The molecule has 0 spiro atoms. The lowest BCUT2D eigenvalue weighted by Crippen LogP contribution is -2.41. The Morgan fingerprint density at radius 1 is 1.37 bits per heavy atom. The van der Waals surface area contributed by atoms with Crippen LogP contribution in [-0.4, -0.2) is 46.1 Å². The van der Waals surface area contributed by atoms with Gasteiger partial charge in [0, 0.05) is 18.1 Å². The average Bonchev–Trinajstić information content (AvgIpc) is 3.44. The molecule has 0 unspecified atom stereocenters. The Bertz CT molecular complexity index is 1020. The molecule has 5 rings (SSSR count). The monoisotopic (exact) mass is 385 g/mol. The van der Waals surface area contributed by atoms with E-state index in [0.717, 1.165) is 11.8 Å². The molecule has 2 atom stereocenters. The van der Waals surface area contributed by atoms with Crippen LogP contribution >= 0.6 is 11.6 Å². The minimum atomic E-state index is -0.126. The third-order valence-electron chi connectivity index (χ3n) is 4.96. The summed E-state index contributed by atoms with van der Waals surface area (Å²) in [5.41, 5.74) is 0.959. The van der Waals surface area contributed by atoms with Crippen LogP contribution in [0.1, 0.15) is 22.8 Å². The van der Waals surface area contributed by atoms with Gasteiger partial charge in [-0.3, -0.25) is 9.78 Å². The summed E-state index contributed by atoms with van der Waals surface area (Å²) in [6, 6.07) is 7.36. The largest absolute Gasteiger partial charge is 0.482 e. The van der Waals surface area contributed by atoms with Gasteiger partial charge in [0.1, 0.15) is 17.5 Å². The number of fused-ring (bicyclic) bond motifs is 3. The summed E-state index contributed by atoms with van der Waals surface area (Å²) >= 11 is 6.20. The Hall–Kier alpha value is -2.64. The second kappa shape index (κ2) is 6.51. The Morgan fingerprint density at radius 2 is 2.30 bits per heavy atom. The van der Waals surface area contributed by atoms with Crippen LogP contribution in [0, 0.1) is 0 Å². The second-order valence-corrected chi connectivity index (χ2v) is 7.07. The van der Waals surface area contributed by atoms with E-state index in [1.807, 2.05) is 17.0 Å². The van der Waals surface area contributed by atoms with Gasteiger partial charge in [-0.2, -0.15) is 0 Å². The highest BCUT2D eigenvalue weighted by Crippen LogP contribution is 2.31. The van der Waals surface area contributed by atoms with Gasteiger partial charge in [-0.1, -0.05) is 11.6 Å². The minimum absolute atomic E-state index is 0.0930. The fourth-order valence-corrected chi connectivity index (χ4v) is 3.85. The summed E-state index contributed by atoms with van der Waals surface area (Å²) in [5, 5.41) is 1.42. The van der Waals surface area contributed by atoms with Gasteiger partial charge in [0.2, 0.25) is 5.89 Å². The number of benzene rings is 1. The normalized spacial score (nSPS) is 21.1. The van der Waals surface area contributed by atoms with Crippen LogP contribution in [0.15, 0.2) is 41.1 Å². The van der Waals surface area contributed by atoms with Crippen LogP contribution in [0.5, 0.6) is 5.75 Å². The number of oxazole rings is 1. The van der Waals surface area contributed by atoms with Gasteiger partial charge in [-0.05, 0) is 30.7 Å². The summed E-state index contributed by atoms with van der Waals surface area (Å²) in [6.45, 7) is 1.31. The molecular formula is C19H16ClN3O4. The lowest BCUT2D eigenvalue weighted by molar-refractivity contribution is 0.0255. The zero-order valence-corrected chi connectivity index (χ0v) is 15.1. The molecule has 7 nitrogen and oxygen atoms in total. The van der Waals surface area contributed by atoms with Crippen LogP contribution in [0.4, 0.5) is 0 Å². The van der Waals surface area contributed by atoms with Crippen LogP contribution in [0.3, 0.4) is 0 Å². The second-order valence-electron chi connectivity index (χ2n) is 6.66. The zero-order valence-electron chi connectivity index (χ0n) is 14.3. The van der Waals surface area contributed by atoms with Crippen LogP contribution in [0.2, 0.25) is 5.02 Å². The summed E-state index contributed by atoms with van der Waals surface area (Å²) in [6.07, 6.45) is 4.11. The number of hydrogen-bond acceptors (Lipinski definition) is 6. The molecule has 0 saturated carbocycles. The average molecular weight is 386 g/mol. The lowest BCUT2D eigenvalue weighted by atomic mass is 10.2. The SMILES string of the molecule is O=C(c1coc(COc2ccc(Cl)c3cccnc23)n1)N1C[C@@H]2C[C@H]1CO2. The number of carbonyl (C=O) groups is 1. The topological polar surface area (TPSA) is 77.7 Å². The van der Waals surface area contributed by atoms with E-state index in [2.05, 4.69) is 9.97 Å². The quantitative estimate of drug-likeness (QED) is 0.686.